The number of halogens is 2. The Kier molecular flexibility index (Phi) is 5.91. The van der Waals surface area contributed by atoms with Crippen LogP contribution >= 0.6 is 15.9 Å². The van der Waals surface area contributed by atoms with Crippen LogP contribution in [0.3, 0.4) is 0 Å². The van der Waals surface area contributed by atoms with Crippen molar-refractivity contribution in [2.24, 2.45) is 0 Å². The summed E-state index contributed by atoms with van der Waals surface area (Å²) in [6.45, 7) is 1.88. The fourth-order valence-corrected chi connectivity index (χ4v) is 4.39. The second-order valence-electron chi connectivity index (χ2n) is 7.25. The van der Waals surface area contributed by atoms with Gasteiger partial charge >= 0.3 is 5.97 Å². The van der Waals surface area contributed by atoms with Crippen LogP contribution in [0.5, 0.6) is 5.75 Å². The number of ether oxygens (including phenoxy) is 1. The molecule has 4 rings (SSSR count). The number of phenols is 1. The highest BCUT2D eigenvalue weighted by Crippen LogP contribution is 2.35. The molecule has 0 spiro atoms. The van der Waals surface area contributed by atoms with E-state index in [0.717, 1.165) is 30.2 Å². The van der Waals surface area contributed by atoms with Crippen LogP contribution in [0.1, 0.15) is 51.7 Å². The summed E-state index contributed by atoms with van der Waals surface area (Å²) in [6.07, 6.45) is 3.08. The Morgan fingerprint density at radius 3 is 2.71 bits per heavy atom. The number of rotatable bonds is 4. The summed E-state index contributed by atoms with van der Waals surface area (Å²) in [4.78, 5) is 25.2. The van der Waals surface area contributed by atoms with E-state index in [9.17, 15) is 19.1 Å². The maximum absolute atomic E-state index is 15.0. The third-order valence-electron chi connectivity index (χ3n) is 5.31. The Morgan fingerprint density at radius 2 is 2.00 bits per heavy atom. The first-order chi connectivity index (χ1) is 14.9. The second kappa shape index (κ2) is 8.63. The Morgan fingerprint density at radius 1 is 1.23 bits per heavy atom. The molecule has 31 heavy (non-hydrogen) atoms. The van der Waals surface area contributed by atoms with Gasteiger partial charge in [-0.3, -0.25) is 4.79 Å². The van der Waals surface area contributed by atoms with Gasteiger partial charge in [-0.15, -0.1) is 0 Å². The maximum atomic E-state index is 15.0. The number of carbonyl (C=O) groups is 2. The van der Waals surface area contributed by atoms with E-state index in [1.54, 1.807) is 19.1 Å². The third kappa shape index (κ3) is 3.87. The molecule has 160 valence electrons. The van der Waals surface area contributed by atoms with Crippen LogP contribution < -0.4 is 0 Å². The van der Waals surface area contributed by atoms with Crippen molar-refractivity contribution in [1.29, 1.82) is 0 Å². The number of aromatic hydroxyl groups is 1. The summed E-state index contributed by atoms with van der Waals surface area (Å²) < 4.78 is 21.6. The quantitative estimate of drug-likeness (QED) is 0.530. The zero-order valence-electron chi connectivity index (χ0n) is 16.8. The summed E-state index contributed by atoms with van der Waals surface area (Å²) in [5, 5.41) is 14.7. The maximum Gasteiger partial charge on any atom is 0.338 e. The normalized spacial score (nSPS) is 13.0. The number of esters is 1. The van der Waals surface area contributed by atoms with Gasteiger partial charge in [0, 0.05) is 15.6 Å². The van der Waals surface area contributed by atoms with Crippen LogP contribution in [0.2, 0.25) is 0 Å². The Labute approximate surface area is 186 Å². The monoisotopic (exact) mass is 486 g/mol. The molecule has 0 bridgehead atoms. The topological polar surface area (TPSA) is 81.4 Å². The van der Waals surface area contributed by atoms with Gasteiger partial charge in [0.05, 0.1) is 29.1 Å². The summed E-state index contributed by atoms with van der Waals surface area (Å²) in [5.74, 6) is -1.86. The lowest BCUT2D eigenvalue weighted by molar-refractivity contribution is 0.0525. The fourth-order valence-electron chi connectivity index (χ4n) is 3.86. The predicted molar refractivity (Wildman–Crippen MR) is 116 cm³/mol. The van der Waals surface area contributed by atoms with E-state index in [1.807, 2.05) is 0 Å². The van der Waals surface area contributed by atoms with Gasteiger partial charge in [0.25, 0.3) is 5.91 Å². The number of hydrogen-bond acceptors (Lipinski definition) is 5. The van der Waals surface area contributed by atoms with Gasteiger partial charge in [0.15, 0.2) is 0 Å². The van der Waals surface area contributed by atoms with E-state index >= 15 is 0 Å². The Hall–Kier alpha value is -3.00. The van der Waals surface area contributed by atoms with E-state index in [0.29, 0.717) is 23.0 Å². The molecule has 0 fully saturated rings. The van der Waals surface area contributed by atoms with E-state index in [-0.39, 0.29) is 29.0 Å². The lowest BCUT2D eigenvalue weighted by Gasteiger charge is -2.14. The molecule has 0 saturated heterocycles. The van der Waals surface area contributed by atoms with Crippen molar-refractivity contribution in [3.05, 3.63) is 69.1 Å². The van der Waals surface area contributed by atoms with Crippen molar-refractivity contribution < 1.29 is 23.8 Å². The van der Waals surface area contributed by atoms with Crippen LogP contribution in [0, 0.1) is 5.82 Å². The fraction of sp³-hybridized carbons (Fsp3) is 0.261. The van der Waals surface area contributed by atoms with Gasteiger partial charge in [-0.05, 0) is 78.9 Å². The minimum Gasteiger partial charge on any atom is -0.507 e. The van der Waals surface area contributed by atoms with Crippen LogP contribution in [0.25, 0.3) is 11.3 Å². The van der Waals surface area contributed by atoms with Crippen molar-refractivity contribution in [3.63, 3.8) is 0 Å². The lowest BCUT2D eigenvalue weighted by atomic mass is 9.93. The number of aromatic nitrogens is 2. The number of hydrogen-bond donors (Lipinski definition) is 1. The Balaban J connectivity index is 1.82. The molecule has 1 aliphatic carbocycles. The minimum atomic E-state index is -0.611. The summed E-state index contributed by atoms with van der Waals surface area (Å²) in [6, 6.07) is 8.83. The smallest absolute Gasteiger partial charge is 0.338 e. The van der Waals surface area contributed by atoms with Gasteiger partial charge in [0.2, 0.25) is 0 Å². The zero-order valence-corrected chi connectivity index (χ0v) is 18.4. The highest BCUT2D eigenvalue weighted by Gasteiger charge is 2.28. The number of benzene rings is 2. The largest absolute Gasteiger partial charge is 0.507 e. The molecule has 1 aliphatic rings. The van der Waals surface area contributed by atoms with Gasteiger partial charge in [-0.25, -0.2) is 9.18 Å². The Bertz CT molecular complexity index is 1170. The number of fused-ring (bicyclic) bond motifs is 1. The number of carbonyl (C=O) groups excluding carboxylic acids is 2. The molecule has 1 N–H and O–H groups in total. The first kappa shape index (κ1) is 21.2. The molecular weight excluding hydrogens is 467 g/mol. The average molecular weight is 487 g/mol. The minimum absolute atomic E-state index is 0.100. The first-order valence-corrected chi connectivity index (χ1v) is 10.8. The molecule has 0 atom stereocenters. The molecular formula is C23H20BrFN2O4. The predicted octanol–water partition coefficient (Wildman–Crippen LogP) is 4.90. The van der Waals surface area contributed by atoms with Crippen LogP contribution in [-0.2, 0) is 17.6 Å². The SMILES string of the molecule is CCOC(=O)c1ccc(-c2nn(C(=O)c3c(O)cccc3Br)c3c2CCCC3)c(F)c1. The van der Waals surface area contributed by atoms with E-state index in [2.05, 4.69) is 21.0 Å². The van der Waals surface area contributed by atoms with E-state index in [4.69, 9.17) is 4.74 Å². The van der Waals surface area contributed by atoms with Crippen molar-refractivity contribution in [2.75, 3.05) is 6.61 Å². The highest BCUT2D eigenvalue weighted by atomic mass is 79.9. The third-order valence-corrected chi connectivity index (χ3v) is 5.97. The van der Waals surface area contributed by atoms with Crippen LogP contribution in [0.15, 0.2) is 40.9 Å². The summed E-state index contributed by atoms with van der Waals surface area (Å²) in [5.41, 5.74) is 2.34. The van der Waals surface area contributed by atoms with Crippen molar-refractivity contribution in [3.8, 4) is 17.0 Å². The zero-order chi connectivity index (χ0) is 22.1. The van der Waals surface area contributed by atoms with Crippen molar-refractivity contribution in [2.45, 2.75) is 32.6 Å². The molecule has 8 heteroatoms. The average Bonchev–Trinajstić information content (AvgIpc) is 3.13. The van der Waals surface area contributed by atoms with Crippen LogP contribution in [0.4, 0.5) is 4.39 Å². The molecule has 0 aliphatic heterocycles. The summed E-state index contributed by atoms with van der Waals surface area (Å²) >= 11 is 3.31. The number of phenolic OH excluding ortho intramolecular Hbond substituents is 1. The van der Waals surface area contributed by atoms with Gasteiger partial charge < -0.3 is 9.84 Å². The van der Waals surface area contributed by atoms with Gasteiger partial charge in [-0.1, -0.05) is 6.07 Å². The van der Waals surface area contributed by atoms with Crippen molar-refractivity contribution >= 4 is 27.8 Å². The molecule has 0 unspecified atom stereocenters. The molecule has 0 amide bonds. The second-order valence-corrected chi connectivity index (χ2v) is 8.10. The van der Waals surface area contributed by atoms with Crippen LogP contribution in [-0.4, -0.2) is 33.4 Å². The molecule has 0 radical (unpaired) electrons. The lowest BCUT2D eigenvalue weighted by Crippen LogP contribution is -2.19. The van der Waals surface area contributed by atoms with Gasteiger partial charge in [0.1, 0.15) is 11.6 Å². The summed E-state index contributed by atoms with van der Waals surface area (Å²) in [7, 11) is 0. The standard InChI is InChI=1S/C23H20BrFN2O4/c1-2-31-23(30)13-10-11-14(17(25)12-13)21-15-6-3-4-8-18(15)27(26-21)22(29)20-16(24)7-5-9-19(20)28/h5,7,9-12,28H,2-4,6,8H2,1H3. The van der Waals surface area contributed by atoms with E-state index < -0.39 is 17.7 Å². The molecule has 1 aromatic heterocycles. The molecule has 6 nitrogen and oxygen atoms in total. The van der Waals surface area contributed by atoms with Gasteiger partial charge in [-0.2, -0.15) is 9.78 Å². The molecule has 1 heterocycles. The van der Waals surface area contributed by atoms with Crippen molar-refractivity contribution in [1.82, 2.24) is 9.78 Å². The molecule has 3 aromatic rings. The number of nitrogens with zero attached hydrogens (tertiary/aromatic N) is 2. The molecule has 2 aromatic carbocycles. The first-order valence-electron chi connectivity index (χ1n) is 10.0. The highest BCUT2D eigenvalue weighted by molar-refractivity contribution is 9.10. The molecule has 0 saturated carbocycles. The van der Waals surface area contributed by atoms with E-state index in [1.165, 1.54) is 22.9 Å².